The van der Waals surface area contributed by atoms with E-state index in [-0.39, 0.29) is 18.1 Å². The van der Waals surface area contributed by atoms with Crippen LogP contribution in [0.15, 0.2) is 42.5 Å². The van der Waals surface area contributed by atoms with Crippen molar-refractivity contribution in [3.63, 3.8) is 0 Å². The number of ether oxygens (including phenoxy) is 3. The van der Waals surface area contributed by atoms with Gasteiger partial charge in [-0.1, -0.05) is 12.1 Å². The third-order valence-electron chi connectivity index (χ3n) is 3.89. The fraction of sp³-hybridized carbons (Fsp3) is 0.333. The lowest BCUT2D eigenvalue weighted by Gasteiger charge is -2.18. The fourth-order valence-corrected chi connectivity index (χ4v) is 2.52. The molecule has 2 N–H and O–H groups in total. The van der Waals surface area contributed by atoms with E-state index in [2.05, 4.69) is 5.32 Å². The first-order valence-corrected chi connectivity index (χ1v) is 8.90. The minimum Gasteiger partial charge on any atom is -0.497 e. The molecule has 0 saturated heterocycles. The number of hydrogen-bond acceptors (Lipinski definition) is 5. The number of carbonyl (C=O) groups is 2. The molecule has 0 spiro atoms. The van der Waals surface area contributed by atoms with E-state index in [0.29, 0.717) is 22.8 Å². The van der Waals surface area contributed by atoms with Crippen molar-refractivity contribution in [2.75, 3.05) is 13.7 Å². The molecule has 0 radical (unpaired) electrons. The van der Waals surface area contributed by atoms with Crippen LogP contribution in [0.2, 0.25) is 0 Å². The Hall–Kier alpha value is -3.22. The number of amides is 1. The predicted octanol–water partition coefficient (Wildman–Crippen LogP) is 3.44. The molecule has 0 aliphatic rings. The number of hydrogen-bond donors (Lipinski definition) is 2. The smallest absolute Gasteiger partial charge is 0.341 e. The lowest BCUT2D eigenvalue weighted by atomic mass is 10.1. The Labute approximate surface area is 164 Å². The Morgan fingerprint density at radius 3 is 2.25 bits per heavy atom. The second-order valence-corrected chi connectivity index (χ2v) is 6.48. The summed E-state index contributed by atoms with van der Waals surface area (Å²) < 4.78 is 16.1. The first kappa shape index (κ1) is 21.1. The monoisotopic (exact) mass is 387 g/mol. The van der Waals surface area contributed by atoms with Crippen LogP contribution < -0.4 is 19.5 Å². The van der Waals surface area contributed by atoms with E-state index < -0.39 is 12.6 Å². The third kappa shape index (κ3) is 5.90. The largest absolute Gasteiger partial charge is 0.497 e. The van der Waals surface area contributed by atoms with Gasteiger partial charge in [0, 0.05) is 6.07 Å². The van der Waals surface area contributed by atoms with Crippen LogP contribution in [-0.2, 0) is 4.79 Å². The molecule has 0 fully saturated rings. The van der Waals surface area contributed by atoms with Gasteiger partial charge in [-0.2, -0.15) is 0 Å². The first-order chi connectivity index (χ1) is 13.3. The van der Waals surface area contributed by atoms with Crippen molar-refractivity contribution in [1.82, 2.24) is 5.32 Å². The topological polar surface area (TPSA) is 94.1 Å². The Balaban J connectivity index is 2.10. The average molecular weight is 387 g/mol. The molecule has 0 saturated carbocycles. The van der Waals surface area contributed by atoms with E-state index >= 15 is 0 Å². The Morgan fingerprint density at radius 2 is 1.68 bits per heavy atom. The number of carboxylic acid groups (broad SMARTS) is 1. The maximum Gasteiger partial charge on any atom is 0.341 e. The number of nitrogens with one attached hydrogen (secondary N) is 1. The molecular weight excluding hydrogens is 362 g/mol. The lowest BCUT2D eigenvalue weighted by Crippen LogP contribution is -2.27. The van der Waals surface area contributed by atoms with Crippen molar-refractivity contribution < 1.29 is 28.9 Å². The summed E-state index contributed by atoms with van der Waals surface area (Å²) in [5.41, 5.74) is 1.28. The van der Waals surface area contributed by atoms with Gasteiger partial charge in [0.1, 0.15) is 17.2 Å². The molecule has 0 heterocycles. The molecule has 150 valence electrons. The molecule has 0 bridgehead atoms. The van der Waals surface area contributed by atoms with E-state index in [1.807, 2.05) is 20.8 Å². The lowest BCUT2D eigenvalue weighted by molar-refractivity contribution is -0.139. The molecule has 0 aromatic heterocycles. The summed E-state index contributed by atoms with van der Waals surface area (Å²) in [5, 5.41) is 11.6. The predicted molar refractivity (Wildman–Crippen MR) is 104 cm³/mol. The highest BCUT2D eigenvalue weighted by Crippen LogP contribution is 2.27. The van der Waals surface area contributed by atoms with Gasteiger partial charge in [0.15, 0.2) is 6.61 Å². The van der Waals surface area contributed by atoms with Crippen LogP contribution in [0, 0.1) is 0 Å². The van der Waals surface area contributed by atoms with Gasteiger partial charge in [-0.3, -0.25) is 4.79 Å². The Morgan fingerprint density at radius 1 is 1.04 bits per heavy atom. The summed E-state index contributed by atoms with van der Waals surface area (Å²) in [5.74, 6) is 0.210. The zero-order valence-electron chi connectivity index (χ0n) is 16.4. The molecule has 28 heavy (non-hydrogen) atoms. The second-order valence-electron chi connectivity index (χ2n) is 6.48. The highest BCUT2D eigenvalue weighted by Gasteiger charge is 2.17. The molecule has 2 rings (SSSR count). The molecule has 0 aliphatic carbocycles. The molecule has 2 aromatic carbocycles. The Kier molecular flexibility index (Phi) is 7.26. The van der Waals surface area contributed by atoms with Gasteiger partial charge < -0.3 is 24.6 Å². The van der Waals surface area contributed by atoms with Crippen LogP contribution in [-0.4, -0.2) is 36.8 Å². The Bertz CT molecular complexity index is 816. The zero-order chi connectivity index (χ0) is 20.7. The first-order valence-electron chi connectivity index (χ1n) is 8.90. The molecule has 1 unspecified atom stereocenters. The number of benzene rings is 2. The number of rotatable bonds is 9. The van der Waals surface area contributed by atoms with Crippen molar-refractivity contribution >= 4 is 11.9 Å². The summed E-state index contributed by atoms with van der Waals surface area (Å²) >= 11 is 0. The van der Waals surface area contributed by atoms with Gasteiger partial charge in [-0.05, 0) is 50.6 Å². The molecule has 1 atom stereocenters. The number of methoxy groups -OCH3 is 1. The highest BCUT2D eigenvalue weighted by molar-refractivity contribution is 5.97. The summed E-state index contributed by atoms with van der Waals surface area (Å²) in [6.07, 6.45) is -0.0885. The molecule has 7 heteroatoms. The summed E-state index contributed by atoms with van der Waals surface area (Å²) in [6, 6.07) is 11.7. The van der Waals surface area contributed by atoms with Crippen molar-refractivity contribution in [3.05, 3.63) is 53.6 Å². The second kappa shape index (κ2) is 9.64. The van der Waals surface area contributed by atoms with Crippen LogP contribution in [0.3, 0.4) is 0 Å². The maximum atomic E-state index is 12.8. The van der Waals surface area contributed by atoms with Crippen LogP contribution in [0.25, 0.3) is 0 Å². The van der Waals surface area contributed by atoms with Gasteiger partial charge >= 0.3 is 5.97 Å². The van der Waals surface area contributed by atoms with Crippen molar-refractivity contribution in [3.8, 4) is 17.2 Å². The third-order valence-corrected chi connectivity index (χ3v) is 3.89. The number of carbonyl (C=O) groups excluding carboxylic acids is 1. The van der Waals surface area contributed by atoms with E-state index in [4.69, 9.17) is 19.3 Å². The molecule has 7 nitrogen and oxygen atoms in total. The average Bonchev–Trinajstić information content (AvgIpc) is 2.66. The van der Waals surface area contributed by atoms with Crippen molar-refractivity contribution in [2.24, 2.45) is 0 Å². The minimum absolute atomic E-state index is 0.0885. The summed E-state index contributed by atoms with van der Waals surface area (Å²) in [7, 11) is 1.56. The molecule has 0 aliphatic heterocycles. The summed E-state index contributed by atoms with van der Waals surface area (Å²) in [4.78, 5) is 23.3. The molecule has 2 aromatic rings. The van der Waals surface area contributed by atoms with Crippen LogP contribution >= 0.6 is 0 Å². The van der Waals surface area contributed by atoms with Crippen LogP contribution in [0.4, 0.5) is 0 Å². The minimum atomic E-state index is -1.04. The standard InChI is InChI=1S/C21H25NO6/c1-13(2)28-19-11-17(26-4)9-10-18(19)21(25)22-14(3)15-5-7-16(8-6-15)27-12-20(23)24/h5-11,13-14H,12H2,1-4H3,(H,22,25)(H,23,24). The zero-order valence-corrected chi connectivity index (χ0v) is 16.4. The van der Waals surface area contributed by atoms with Crippen molar-refractivity contribution in [1.29, 1.82) is 0 Å². The number of carboxylic acids is 1. The SMILES string of the molecule is COc1ccc(C(=O)NC(C)c2ccc(OCC(=O)O)cc2)c(OC(C)C)c1. The molecule has 1 amide bonds. The van der Waals surface area contributed by atoms with E-state index in [1.54, 1.807) is 49.6 Å². The molecular formula is C21H25NO6. The van der Waals surface area contributed by atoms with Gasteiger partial charge in [0.25, 0.3) is 5.91 Å². The van der Waals surface area contributed by atoms with E-state index in [1.165, 1.54) is 0 Å². The quantitative estimate of drug-likeness (QED) is 0.685. The van der Waals surface area contributed by atoms with Gasteiger partial charge in [-0.15, -0.1) is 0 Å². The van der Waals surface area contributed by atoms with E-state index in [9.17, 15) is 9.59 Å². The summed E-state index contributed by atoms with van der Waals surface area (Å²) in [6.45, 7) is 5.23. The van der Waals surface area contributed by atoms with Crippen molar-refractivity contribution in [2.45, 2.75) is 32.9 Å². The number of aliphatic carboxylic acids is 1. The van der Waals surface area contributed by atoms with Gasteiger partial charge in [0.05, 0.1) is 24.8 Å². The maximum absolute atomic E-state index is 12.8. The van der Waals surface area contributed by atoms with Crippen LogP contribution in [0.1, 0.15) is 42.7 Å². The fourth-order valence-electron chi connectivity index (χ4n) is 2.52. The van der Waals surface area contributed by atoms with Gasteiger partial charge in [-0.25, -0.2) is 4.79 Å². The van der Waals surface area contributed by atoms with Crippen LogP contribution in [0.5, 0.6) is 17.2 Å². The van der Waals surface area contributed by atoms with Gasteiger partial charge in [0.2, 0.25) is 0 Å². The highest BCUT2D eigenvalue weighted by atomic mass is 16.5. The normalized spacial score (nSPS) is 11.6. The van der Waals surface area contributed by atoms with E-state index in [0.717, 1.165) is 5.56 Å².